The molecule has 256 valence electrons. The minimum atomic E-state index is -5.04. The topological polar surface area (TPSA) is 275 Å². The second-order valence-electron chi connectivity index (χ2n) is 10.8. The molecular formula is C25H34N8O11PS2+. The number of carbonyl (C=O) groups excluding carboxylic acids is 2. The van der Waals surface area contributed by atoms with Crippen molar-refractivity contribution in [3.8, 4) is 16.9 Å². The monoisotopic (exact) mass is 717 g/mol. The Hall–Kier alpha value is -3.95. The van der Waals surface area contributed by atoms with Crippen LogP contribution in [-0.2, 0) is 47.3 Å². The first-order valence-electron chi connectivity index (χ1n) is 13.7. The second-order valence-corrected chi connectivity index (χ2v) is 14.4. The highest BCUT2D eigenvalue weighted by molar-refractivity contribution is 7.80. The molecular weight excluding hydrogens is 683 g/mol. The summed E-state index contributed by atoms with van der Waals surface area (Å²) in [6.07, 6.45) is 4.73. The molecule has 3 heterocycles. The lowest BCUT2D eigenvalue weighted by Crippen LogP contribution is -2.76. The van der Waals surface area contributed by atoms with E-state index in [2.05, 4.69) is 19.7 Å². The van der Waals surface area contributed by atoms with Gasteiger partial charge in [-0.15, -0.1) is 20.3 Å². The molecule has 3 aromatic rings. The number of carbonyl (C=O) groups is 2. The number of thiazole rings is 1. The van der Waals surface area contributed by atoms with Gasteiger partial charge in [-0.25, -0.2) is 4.98 Å². The Bertz CT molecular complexity index is 1800. The van der Waals surface area contributed by atoms with Crippen molar-refractivity contribution in [2.75, 3.05) is 18.9 Å². The molecule has 47 heavy (non-hydrogen) atoms. The van der Waals surface area contributed by atoms with E-state index >= 15 is 0 Å². The Labute approximate surface area is 272 Å². The third-order valence-electron chi connectivity index (χ3n) is 6.93. The Morgan fingerprint density at radius 2 is 1.96 bits per heavy atom. The number of hydroxylamine groups is 2. The number of ether oxygens (including phenoxy) is 1. The predicted octanol–water partition coefficient (Wildman–Crippen LogP) is -0.489. The van der Waals surface area contributed by atoms with Crippen molar-refractivity contribution in [1.29, 1.82) is 0 Å². The first kappa shape index (κ1) is 35.9. The lowest BCUT2D eigenvalue weighted by Gasteiger charge is -2.50. The van der Waals surface area contributed by atoms with Crippen molar-refractivity contribution < 1.29 is 55.5 Å². The van der Waals surface area contributed by atoms with Gasteiger partial charge < -0.3 is 36.1 Å². The van der Waals surface area contributed by atoms with Crippen LogP contribution in [0.4, 0.5) is 5.13 Å². The molecule has 1 aromatic carbocycles. The molecule has 1 aliphatic rings. The average Bonchev–Trinajstić information content (AvgIpc) is 3.58. The number of amides is 2. The molecule has 4 rings (SSSR count). The Kier molecular flexibility index (Phi) is 10.7. The summed E-state index contributed by atoms with van der Waals surface area (Å²) in [5.74, 6) is -3.82. The molecule has 0 saturated carbocycles. The molecule has 0 radical (unpaired) electrons. The van der Waals surface area contributed by atoms with Gasteiger partial charge in [0.1, 0.15) is 24.1 Å². The number of aromatic nitrogens is 3. The molecule has 1 fully saturated rings. The molecule has 0 aliphatic carbocycles. The van der Waals surface area contributed by atoms with Crippen molar-refractivity contribution in [3.05, 3.63) is 47.7 Å². The standard InChI is InChI=1S/C25H33N8O11PS2/c1-25(2)21(23(35)33(25)44-47(39,40)41)29-22(34)20(18-14-46-24(27)28-18)30-43-19(45(36,37)38)13-42-17-7-5-15(6-8-17)16-11-31(3)32(12-16)10-4-9-26/h5-8,11-12,14,19,21H,4,9-10,13,26H2,1-3H3,(H5-,27,28,29,34,36,37,38,39,40,41)/p+1/b30-20-/t19?,21-/m1/s1. The van der Waals surface area contributed by atoms with E-state index < -0.39 is 59.6 Å². The van der Waals surface area contributed by atoms with Crippen molar-refractivity contribution in [2.24, 2.45) is 17.9 Å². The third-order valence-corrected chi connectivity index (χ3v) is 8.94. The minimum absolute atomic E-state index is 0.0208. The fourth-order valence-electron chi connectivity index (χ4n) is 4.42. The van der Waals surface area contributed by atoms with E-state index in [1.807, 2.05) is 28.8 Å². The quantitative estimate of drug-likeness (QED) is 0.0289. The average molecular weight is 718 g/mol. The fraction of sp³-hybridized carbons (Fsp3) is 0.400. The lowest BCUT2D eigenvalue weighted by atomic mass is 9.84. The molecule has 1 unspecified atom stereocenters. The summed E-state index contributed by atoms with van der Waals surface area (Å²) in [4.78, 5) is 54.7. The molecule has 19 nitrogen and oxygen atoms in total. The van der Waals surface area contributed by atoms with Crippen LogP contribution in [0.1, 0.15) is 26.0 Å². The van der Waals surface area contributed by atoms with E-state index in [1.54, 1.807) is 24.3 Å². The van der Waals surface area contributed by atoms with Crippen molar-refractivity contribution >= 4 is 52.0 Å². The number of nitrogens with zero attached hydrogens (tertiary/aromatic N) is 5. The van der Waals surface area contributed by atoms with Gasteiger partial charge in [0.25, 0.3) is 17.7 Å². The summed E-state index contributed by atoms with van der Waals surface area (Å²) in [6.45, 7) is 3.31. The number of anilines is 1. The van der Waals surface area contributed by atoms with Gasteiger partial charge in [0, 0.05) is 5.38 Å². The molecule has 2 aromatic heterocycles. The van der Waals surface area contributed by atoms with Gasteiger partial charge in [-0.1, -0.05) is 17.3 Å². The molecule has 0 spiro atoms. The number of hydrogen-bond acceptors (Lipinski definition) is 13. The largest absolute Gasteiger partial charge is 0.489 e. The molecule has 0 bridgehead atoms. The highest BCUT2D eigenvalue weighted by Crippen LogP contribution is 2.42. The number of benzene rings is 1. The molecule has 1 saturated heterocycles. The number of rotatable bonds is 15. The Balaban J connectivity index is 1.48. The van der Waals surface area contributed by atoms with Crippen LogP contribution >= 0.6 is 18.9 Å². The van der Waals surface area contributed by atoms with Gasteiger partial charge in [0.2, 0.25) is 6.20 Å². The smallest absolute Gasteiger partial charge is 0.418 e. The second kappa shape index (κ2) is 14.0. The maximum absolute atomic E-state index is 13.2. The zero-order chi connectivity index (χ0) is 34.7. The van der Waals surface area contributed by atoms with Gasteiger partial charge in [-0.3, -0.25) is 18.7 Å². The normalized spacial score (nSPS) is 17.3. The van der Waals surface area contributed by atoms with Crippen LogP contribution in [-0.4, -0.2) is 85.6 Å². The highest BCUT2D eigenvalue weighted by Gasteiger charge is 2.58. The van der Waals surface area contributed by atoms with E-state index in [4.69, 9.17) is 25.6 Å². The summed E-state index contributed by atoms with van der Waals surface area (Å²) < 4.78 is 57.2. The van der Waals surface area contributed by atoms with Gasteiger partial charge in [0.15, 0.2) is 17.9 Å². The van der Waals surface area contributed by atoms with E-state index in [-0.39, 0.29) is 16.6 Å². The van der Waals surface area contributed by atoms with Crippen molar-refractivity contribution in [3.63, 3.8) is 0 Å². The zero-order valence-electron chi connectivity index (χ0n) is 25.3. The number of hydrogen-bond donors (Lipinski definition) is 6. The van der Waals surface area contributed by atoms with E-state index in [0.717, 1.165) is 35.4 Å². The van der Waals surface area contributed by atoms with Gasteiger partial charge in [-0.05, 0) is 44.5 Å². The molecule has 2 atom stereocenters. The lowest BCUT2D eigenvalue weighted by molar-refractivity contribution is -0.753. The highest BCUT2D eigenvalue weighted by atomic mass is 32.3. The Morgan fingerprint density at radius 3 is 2.51 bits per heavy atom. The summed E-state index contributed by atoms with van der Waals surface area (Å²) in [6, 6.07) is 5.38. The first-order valence-corrected chi connectivity index (χ1v) is 17.6. The van der Waals surface area contributed by atoms with Crippen LogP contribution < -0.4 is 26.2 Å². The molecule has 2 amide bonds. The fourth-order valence-corrected chi connectivity index (χ4v) is 5.86. The maximum atomic E-state index is 13.2. The van der Waals surface area contributed by atoms with Crippen molar-refractivity contribution in [1.82, 2.24) is 20.0 Å². The van der Waals surface area contributed by atoms with E-state index in [0.29, 0.717) is 11.6 Å². The zero-order valence-corrected chi connectivity index (χ0v) is 27.8. The van der Waals surface area contributed by atoms with Crippen LogP contribution in [0.5, 0.6) is 5.75 Å². The molecule has 8 N–H and O–H groups in total. The molecule has 1 aliphatic heterocycles. The number of aryl methyl sites for hydroxylation is 2. The number of nitrogens with one attached hydrogen (secondary N) is 1. The first-order chi connectivity index (χ1) is 21.9. The van der Waals surface area contributed by atoms with Gasteiger partial charge in [0.05, 0.1) is 23.8 Å². The minimum Gasteiger partial charge on any atom is -0.489 e. The van der Waals surface area contributed by atoms with E-state index in [9.17, 15) is 32.4 Å². The van der Waals surface area contributed by atoms with Crippen LogP contribution in [0.15, 0.2) is 47.2 Å². The number of oxime groups is 1. The number of nitrogens with two attached hydrogens (primary N) is 2. The van der Waals surface area contributed by atoms with Crippen LogP contribution in [0.2, 0.25) is 0 Å². The number of β-lactam (4-membered cyclic amide) rings is 1. The van der Waals surface area contributed by atoms with Gasteiger partial charge >= 0.3 is 18.0 Å². The van der Waals surface area contributed by atoms with Crippen LogP contribution in [0.3, 0.4) is 0 Å². The maximum Gasteiger partial charge on any atom is 0.418 e. The predicted molar refractivity (Wildman–Crippen MR) is 166 cm³/mol. The SMILES string of the molecule is C[n+]1cc(-c2ccc(OCC(O/N=C(\C(=O)N[C@@H]3C(=O)N(OS(=O)(=O)O)C3(C)C)c3csc(N)n3)P(=O)(O)O)cc2)cn1CCCN. The summed E-state index contributed by atoms with van der Waals surface area (Å²) >= 11 is 0.923. The van der Waals surface area contributed by atoms with Crippen LogP contribution in [0.25, 0.3) is 11.1 Å². The summed E-state index contributed by atoms with van der Waals surface area (Å²) in [7, 11) is -8.17. The number of nitrogen functional groups attached to an aromatic ring is 1. The van der Waals surface area contributed by atoms with Gasteiger partial charge in [-0.2, -0.15) is 18.2 Å². The van der Waals surface area contributed by atoms with Crippen LogP contribution in [0, 0.1) is 0 Å². The summed E-state index contributed by atoms with van der Waals surface area (Å²) in [5.41, 5.74) is 10.9. The molecule has 22 heteroatoms. The summed E-state index contributed by atoms with van der Waals surface area (Å²) in [5, 5.41) is 7.67. The van der Waals surface area contributed by atoms with Crippen molar-refractivity contribution in [2.45, 2.75) is 44.2 Å². The third kappa shape index (κ3) is 8.70. The Morgan fingerprint density at radius 1 is 1.28 bits per heavy atom. The van der Waals surface area contributed by atoms with E-state index in [1.165, 1.54) is 19.2 Å².